The van der Waals surface area contributed by atoms with Crippen molar-refractivity contribution in [3.05, 3.63) is 36.0 Å². The maximum Gasteiger partial charge on any atom is 0.169 e. The predicted octanol–water partition coefficient (Wildman–Crippen LogP) is 2.64. The molecule has 0 amide bonds. The fraction of sp³-hybridized carbons (Fsp3) is 0.231. The van der Waals surface area contributed by atoms with Crippen LogP contribution in [0.25, 0.3) is 11.3 Å². The van der Waals surface area contributed by atoms with E-state index in [1.165, 1.54) is 0 Å². The molecule has 1 aromatic heterocycles. The van der Waals surface area contributed by atoms with Gasteiger partial charge in [0, 0.05) is 17.9 Å². The lowest BCUT2D eigenvalue weighted by molar-refractivity contribution is 0.215. The van der Waals surface area contributed by atoms with Gasteiger partial charge in [0.15, 0.2) is 5.16 Å². The van der Waals surface area contributed by atoms with E-state index in [4.69, 9.17) is 9.82 Å². The molecule has 0 radical (unpaired) electrons. The minimum atomic E-state index is 0.971. The van der Waals surface area contributed by atoms with E-state index in [0.29, 0.717) is 0 Å². The summed E-state index contributed by atoms with van der Waals surface area (Å²) in [5.74, 6) is 1.07. The van der Waals surface area contributed by atoms with Gasteiger partial charge < -0.3 is 9.40 Å². The molecule has 4 nitrogen and oxygen atoms in total. The smallest absolute Gasteiger partial charge is 0.169 e. The van der Waals surface area contributed by atoms with Crippen LogP contribution in [0.5, 0.6) is 0 Å². The van der Waals surface area contributed by atoms with Gasteiger partial charge in [-0.25, -0.2) is 4.98 Å². The predicted molar refractivity (Wildman–Crippen MR) is 73.0 cm³/mol. The lowest BCUT2D eigenvalue weighted by Gasteiger charge is -2.02. The largest absolute Gasteiger partial charge is 0.399 e. The molecule has 5 heteroatoms. The second-order valence-electron chi connectivity index (χ2n) is 3.91. The molecule has 0 saturated heterocycles. The van der Waals surface area contributed by atoms with Crippen LogP contribution in [-0.2, 0) is 11.4 Å². The molecule has 3 rings (SSSR count). The summed E-state index contributed by atoms with van der Waals surface area (Å²) >= 11 is 1.78. The minimum absolute atomic E-state index is 0.971. The molecular weight excluding hydrogens is 246 g/mol. The molecule has 0 saturated carbocycles. The van der Waals surface area contributed by atoms with Crippen LogP contribution in [0.15, 0.2) is 40.6 Å². The second kappa shape index (κ2) is 4.86. The van der Waals surface area contributed by atoms with Gasteiger partial charge >= 0.3 is 0 Å². The second-order valence-corrected chi connectivity index (χ2v) is 4.97. The van der Waals surface area contributed by atoms with Crippen molar-refractivity contribution in [3.63, 3.8) is 0 Å². The monoisotopic (exact) mass is 259 g/mol. The van der Waals surface area contributed by atoms with Crippen molar-refractivity contribution < 1.29 is 4.84 Å². The van der Waals surface area contributed by atoms with Gasteiger partial charge in [0.1, 0.15) is 7.11 Å². The third-order valence-electron chi connectivity index (χ3n) is 2.85. The van der Waals surface area contributed by atoms with Gasteiger partial charge in [-0.1, -0.05) is 47.2 Å². The number of fused-ring (bicyclic) bond motifs is 1. The van der Waals surface area contributed by atoms with Gasteiger partial charge in [-0.3, -0.25) is 0 Å². The van der Waals surface area contributed by atoms with E-state index in [1.807, 2.05) is 18.2 Å². The Morgan fingerprint density at radius 2 is 2.22 bits per heavy atom. The van der Waals surface area contributed by atoms with Crippen molar-refractivity contribution in [1.82, 2.24) is 9.55 Å². The van der Waals surface area contributed by atoms with E-state index in [0.717, 1.165) is 34.4 Å². The Balaban J connectivity index is 2.12. The molecule has 1 aromatic carbocycles. The summed E-state index contributed by atoms with van der Waals surface area (Å²) in [7, 11) is 1.55. The van der Waals surface area contributed by atoms with Crippen molar-refractivity contribution in [2.75, 3.05) is 12.9 Å². The molecule has 92 valence electrons. The molecule has 2 heterocycles. The Labute approximate surface area is 110 Å². The number of oxime groups is 1. The Morgan fingerprint density at radius 3 is 3.00 bits per heavy atom. The van der Waals surface area contributed by atoms with Crippen LogP contribution in [-0.4, -0.2) is 28.6 Å². The van der Waals surface area contributed by atoms with Crippen LogP contribution in [0.2, 0.25) is 0 Å². The van der Waals surface area contributed by atoms with Crippen molar-refractivity contribution in [3.8, 4) is 11.3 Å². The minimum Gasteiger partial charge on any atom is -0.399 e. The number of imidazole rings is 1. The maximum atomic E-state index is 4.79. The van der Waals surface area contributed by atoms with Crippen LogP contribution in [0.4, 0.5) is 0 Å². The van der Waals surface area contributed by atoms with Crippen LogP contribution in [0.3, 0.4) is 0 Å². The molecule has 0 unspecified atom stereocenters. The molecular formula is C13H13N3OS. The maximum absolute atomic E-state index is 4.79. The first-order chi connectivity index (χ1) is 8.90. The summed E-state index contributed by atoms with van der Waals surface area (Å²) in [6.07, 6.45) is 1.74. The standard InChI is InChI=1S/C13H13N3OS/c1-17-14-9-11-12(10-5-3-2-4-6-10)15-13-16(11)7-8-18-13/h2-6,9H,7-8H2,1H3/b14-9-. The Kier molecular flexibility index (Phi) is 3.06. The fourth-order valence-electron chi connectivity index (χ4n) is 2.04. The van der Waals surface area contributed by atoms with Crippen molar-refractivity contribution in [2.45, 2.75) is 11.7 Å². The van der Waals surface area contributed by atoms with E-state index in [9.17, 15) is 0 Å². The van der Waals surface area contributed by atoms with Gasteiger partial charge in [0.25, 0.3) is 0 Å². The SMILES string of the molecule is CO/N=C\c1c(-c2ccccc2)nc2n1CCS2. The summed E-state index contributed by atoms with van der Waals surface area (Å²) in [6, 6.07) is 10.2. The first-order valence-corrected chi connectivity index (χ1v) is 6.74. The quantitative estimate of drug-likeness (QED) is 0.628. The third-order valence-corrected chi connectivity index (χ3v) is 3.80. The molecule has 1 aliphatic heterocycles. The average Bonchev–Trinajstić information content (AvgIpc) is 2.98. The van der Waals surface area contributed by atoms with Gasteiger partial charge in [0.05, 0.1) is 17.6 Å². The molecule has 0 aliphatic carbocycles. The number of aromatic nitrogens is 2. The lowest BCUT2D eigenvalue weighted by atomic mass is 10.1. The van der Waals surface area contributed by atoms with Crippen molar-refractivity contribution in [1.29, 1.82) is 0 Å². The molecule has 0 bridgehead atoms. The van der Waals surface area contributed by atoms with Crippen LogP contribution >= 0.6 is 11.8 Å². The molecule has 0 fully saturated rings. The van der Waals surface area contributed by atoms with E-state index in [2.05, 4.69) is 21.9 Å². The molecule has 2 aromatic rings. The summed E-state index contributed by atoms with van der Waals surface area (Å²) in [5.41, 5.74) is 3.10. The first-order valence-electron chi connectivity index (χ1n) is 5.75. The fourth-order valence-corrected chi connectivity index (χ4v) is 3.00. The summed E-state index contributed by atoms with van der Waals surface area (Å²) in [5, 5.41) is 4.94. The Bertz CT molecular complexity index is 577. The van der Waals surface area contributed by atoms with Gasteiger partial charge in [0.2, 0.25) is 0 Å². The number of nitrogens with zero attached hydrogens (tertiary/aromatic N) is 3. The van der Waals surface area contributed by atoms with Gasteiger partial charge in [-0.05, 0) is 0 Å². The molecule has 1 aliphatic rings. The van der Waals surface area contributed by atoms with Gasteiger partial charge in [-0.2, -0.15) is 0 Å². The first kappa shape index (κ1) is 11.3. The van der Waals surface area contributed by atoms with E-state index >= 15 is 0 Å². The Hall–Kier alpha value is -1.75. The highest BCUT2D eigenvalue weighted by Crippen LogP contribution is 2.32. The normalized spacial score (nSPS) is 14.1. The van der Waals surface area contributed by atoms with E-state index in [-0.39, 0.29) is 0 Å². The molecule has 0 atom stereocenters. The average molecular weight is 259 g/mol. The topological polar surface area (TPSA) is 39.4 Å². The number of benzene rings is 1. The van der Waals surface area contributed by atoms with Gasteiger partial charge in [-0.15, -0.1) is 0 Å². The number of thioether (sulfide) groups is 1. The van der Waals surface area contributed by atoms with Crippen LogP contribution < -0.4 is 0 Å². The summed E-state index contributed by atoms with van der Waals surface area (Å²) in [4.78, 5) is 9.48. The number of rotatable bonds is 3. The van der Waals surface area contributed by atoms with E-state index < -0.39 is 0 Å². The molecule has 0 N–H and O–H groups in total. The van der Waals surface area contributed by atoms with Crippen molar-refractivity contribution in [2.24, 2.45) is 5.16 Å². The van der Waals surface area contributed by atoms with Crippen LogP contribution in [0.1, 0.15) is 5.69 Å². The highest BCUT2D eigenvalue weighted by Gasteiger charge is 2.21. The van der Waals surface area contributed by atoms with Crippen LogP contribution in [0, 0.1) is 0 Å². The number of hydrogen-bond acceptors (Lipinski definition) is 4. The van der Waals surface area contributed by atoms with Crippen molar-refractivity contribution >= 4 is 18.0 Å². The lowest BCUT2D eigenvalue weighted by Crippen LogP contribution is -2.00. The highest BCUT2D eigenvalue weighted by molar-refractivity contribution is 7.99. The number of hydrogen-bond donors (Lipinski definition) is 0. The molecule has 18 heavy (non-hydrogen) atoms. The zero-order valence-corrected chi connectivity index (χ0v) is 10.9. The summed E-state index contributed by atoms with van der Waals surface area (Å²) < 4.78 is 2.19. The Morgan fingerprint density at radius 1 is 1.39 bits per heavy atom. The zero-order valence-electron chi connectivity index (χ0n) is 10.0. The summed E-state index contributed by atoms with van der Waals surface area (Å²) in [6.45, 7) is 0.977. The molecule has 0 spiro atoms. The third kappa shape index (κ3) is 1.90. The highest BCUT2D eigenvalue weighted by atomic mass is 32.2. The zero-order chi connectivity index (χ0) is 12.4. The van der Waals surface area contributed by atoms with E-state index in [1.54, 1.807) is 25.1 Å².